The molecule has 1 rings (SSSR count). The van der Waals surface area contributed by atoms with E-state index in [0.717, 1.165) is 0 Å². The lowest BCUT2D eigenvalue weighted by Crippen LogP contribution is -1.90. The Hall–Kier alpha value is -0.930. The topological polar surface area (TPSA) is 47.6 Å². The van der Waals surface area contributed by atoms with E-state index >= 15 is 0 Å². The summed E-state index contributed by atoms with van der Waals surface area (Å²) >= 11 is 11.7. The molecule has 0 saturated heterocycles. The Bertz CT molecular complexity index is 339. The Labute approximate surface area is 86.1 Å². The van der Waals surface area contributed by atoms with Gasteiger partial charge in [-0.25, -0.2) is 0 Å². The molecule has 70 valence electrons. The summed E-state index contributed by atoms with van der Waals surface area (Å²) in [6, 6.07) is 3.25. The first kappa shape index (κ1) is 10.2. The highest BCUT2D eigenvalue weighted by molar-refractivity contribution is 6.36. The highest BCUT2D eigenvalue weighted by Gasteiger charge is 2.05. The number of nitrogens with two attached hydrogens (primary N) is 1. The van der Waals surface area contributed by atoms with Gasteiger partial charge in [0.15, 0.2) is 0 Å². The zero-order valence-electron chi connectivity index (χ0n) is 6.92. The van der Waals surface area contributed by atoms with Crippen LogP contribution in [0, 0.1) is 0 Å². The number of halogens is 2. The van der Waals surface area contributed by atoms with Gasteiger partial charge in [0, 0.05) is 11.6 Å². The van der Waals surface area contributed by atoms with Gasteiger partial charge in [0.25, 0.3) is 0 Å². The number of hydrazone groups is 1. The van der Waals surface area contributed by atoms with Crippen molar-refractivity contribution in [1.29, 1.82) is 0 Å². The first-order valence-electron chi connectivity index (χ1n) is 3.45. The van der Waals surface area contributed by atoms with Crippen LogP contribution >= 0.6 is 23.2 Å². The van der Waals surface area contributed by atoms with Gasteiger partial charge in [-0.05, 0) is 6.07 Å². The van der Waals surface area contributed by atoms with Crippen LogP contribution in [-0.4, -0.2) is 13.3 Å². The molecule has 5 heteroatoms. The minimum Gasteiger partial charge on any atom is -0.495 e. The molecule has 0 amide bonds. The van der Waals surface area contributed by atoms with Gasteiger partial charge < -0.3 is 10.6 Å². The first-order chi connectivity index (χ1) is 6.19. The van der Waals surface area contributed by atoms with E-state index in [2.05, 4.69) is 5.10 Å². The molecule has 3 nitrogen and oxygen atoms in total. The zero-order valence-corrected chi connectivity index (χ0v) is 8.43. The molecule has 0 bridgehead atoms. The van der Waals surface area contributed by atoms with Gasteiger partial charge in [-0.1, -0.05) is 23.2 Å². The van der Waals surface area contributed by atoms with Crippen LogP contribution < -0.4 is 10.6 Å². The van der Waals surface area contributed by atoms with E-state index in [4.69, 9.17) is 33.8 Å². The Morgan fingerprint density at radius 1 is 1.38 bits per heavy atom. The zero-order chi connectivity index (χ0) is 9.84. The molecule has 0 heterocycles. The van der Waals surface area contributed by atoms with Gasteiger partial charge in [-0.2, -0.15) is 5.10 Å². The van der Waals surface area contributed by atoms with Crippen molar-refractivity contribution < 1.29 is 4.74 Å². The first-order valence-corrected chi connectivity index (χ1v) is 4.21. The maximum atomic E-state index is 5.87. The van der Waals surface area contributed by atoms with Crippen LogP contribution in [0.4, 0.5) is 0 Å². The van der Waals surface area contributed by atoms with E-state index in [1.165, 1.54) is 13.3 Å². The van der Waals surface area contributed by atoms with E-state index in [0.29, 0.717) is 21.4 Å². The molecule has 0 atom stereocenters. The summed E-state index contributed by atoms with van der Waals surface area (Å²) in [5, 5.41) is 4.32. The average molecular weight is 219 g/mol. The van der Waals surface area contributed by atoms with Crippen molar-refractivity contribution in [2.45, 2.75) is 0 Å². The summed E-state index contributed by atoms with van der Waals surface area (Å²) in [6.07, 6.45) is 1.42. The fourth-order valence-corrected chi connectivity index (χ4v) is 1.33. The molecule has 1 aromatic carbocycles. The van der Waals surface area contributed by atoms with Gasteiger partial charge in [0.05, 0.1) is 23.4 Å². The molecule has 0 saturated carbocycles. The Morgan fingerprint density at radius 3 is 2.62 bits per heavy atom. The van der Waals surface area contributed by atoms with Crippen molar-refractivity contribution in [2.24, 2.45) is 10.9 Å². The van der Waals surface area contributed by atoms with Gasteiger partial charge in [-0.15, -0.1) is 0 Å². The monoisotopic (exact) mass is 218 g/mol. The molecule has 2 N–H and O–H groups in total. The second kappa shape index (κ2) is 4.35. The Morgan fingerprint density at radius 2 is 2.08 bits per heavy atom. The highest BCUT2D eigenvalue weighted by Crippen LogP contribution is 2.29. The SMILES string of the molecule is COc1cc(Cl)c(/C=N/N)cc1Cl. The van der Waals surface area contributed by atoms with Crippen molar-refractivity contribution in [3.63, 3.8) is 0 Å². The fraction of sp³-hybridized carbons (Fsp3) is 0.125. The van der Waals surface area contributed by atoms with Gasteiger partial charge in [0.1, 0.15) is 5.75 Å². The van der Waals surface area contributed by atoms with Crippen LogP contribution in [-0.2, 0) is 0 Å². The van der Waals surface area contributed by atoms with Crippen molar-refractivity contribution in [3.05, 3.63) is 27.7 Å². The lowest BCUT2D eigenvalue weighted by Gasteiger charge is -2.04. The predicted octanol–water partition coefficient (Wildman–Crippen LogP) is 2.29. The van der Waals surface area contributed by atoms with E-state index in [-0.39, 0.29) is 0 Å². The third kappa shape index (κ3) is 2.26. The molecule has 13 heavy (non-hydrogen) atoms. The van der Waals surface area contributed by atoms with E-state index < -0.39 is 0 Å². The number of methoxy groups -OCH3 is 1. The Balaban J connectivity index is 3.20. The lowest BCUT2D eigenvalue weighted by molar-refractivity contribution is 0.415. The van der Waals surface area contributed by atoms with Crippen LogP contribution in [0.25, 0.3) is 0 Å². The van der Waals surface area contributed by atoms with Crippen molar-refractivity contribution in [3.8, 4) is 5.75 Å². The minimum atomic E-state index is 0.474. The molecule has 0 spiro atoms. The molecule has 0 aliphatic heterocycles. The summed E-state index contributed by atoms with van der Waals surface area (Å²) in [6.45, 7) is 0. The van der Waals surface area contributed by atoms with Crippen LogP contribution in [0.2, 0.25) is 10.0 Å². The van der Waals surface area contributed by atoms with E-state index in [1.54, 1.807) is 12.1 Å². The van der Waals surface area contributed by atoms with Crippen molar-refractivity contribution in [2.75, 3.05) is 7.11 Å². The van der Waals surface area contributed by atoms with Crippen LogP contribution in [0.3, 0.4) is 0 Å². The summed E-state index contributed by atoms with van der Waals surface area (Å²) in [5.74, 6) is 5.52. The van der Waals surface area contributed by atoms with Crippen LogP contribution in [0.1, 0.15) is 5.56 Å². The highest BCUT2D eigenvalue weighted by atomic mass is 35.5. The maximum Gasteiger partial charge on any atom is 0.138 e. The molecule has 0 aliphatic rings. The van der Waals surface area contributed by atoms with Gasteiger partial charge >= 0.3 is 0 Å². The average Bonchev–Trinajstić information content (AvgIpc) is 2.11. The second-order valence-electron chi connectivity index (χ2n) is 2.29. The van der Waals surface area contributed by atoms with Crippen LogP contribution in [0.5, 0.6) is 5.75 Å². The largest absolute Gasteiger partial charge is 0.495 e. The summed E-state index contributed by atoms with van der Waals surface area (Å²) in [7, 11) is 1.52. The van der Waals surface area contributed by atoms with Gasteiger partial charge in [-0.3, -0.25) is 0 Å². The van der Waals surface area contributed by atoms with Gasteiger partial charge in [0.2, 0.25) is 0 Å². The molecule has 1 aromatic rings. The molecular formula is C8H8Cl2N2O. The molecule has 0 radical (unpaired) electrons. The second-order valence-corrected chi connectivity index (χ2v) is 3.10. The predicted molar refractivity (Wildman–Crippen MR) is 54.8 cm³/mol. The number of hydrogen-bond acceptors (Lipinski definition) is 3. The maximum absolute atomic E-state index is 5.87. The molecular weight excluding hydrogens is 211 g/mol. The van der Waals surface area contributed by atoms with Crippen molar-refractivity contribution in [1.82, 2.24) is 0 Å². The number of hydrogen-bond donors (Lipinski definition) is 1. The van der Waals surface area contributed by atoms with Crippen LogP contribution in [0.15, 0.2) is 17.2 Å². The summed E-state index contributed by atoms with van der Waals surface area (Å²) in [5.41, 5.74) is 0.662. The Kier molecular flexibility index (Phi) is 3.39. The number of ether oxygens (including phenoxy) is 1. The summed E-state index contributed by atoms with van der Waals surface area (Å²) < 4.78 is 4.97. The minimum absolute atomic E-state index is 0.474. The lowest BCUT2D eigenvalue weighted by atomic mass is 10.2. The smallest absolute Gasteiger partial charge is 0.138 e. The number of rotatable bonds is 2. The third-order valence-corrected chi connectivity index (χ3v) is 2.11. The number of benzene rings is 1. The van der Waals surface area contributed by atoms with E-state index in [9.17, 15) is 0 Å². The van der Waals surface area contributed by atoms with E-state index in [1.807, 2.05) is 0 Å². The molecule has 0 unspecified atom stereocenters. The molecule has 0 aliphatic carbocycles. The normalized spacial score (nSPS) is 10.7. The number of nitrogens with zero attached hydrogens (tertiary/aromatic N) is 1. The molecule has 0 fully saturated rings. The summed E-state index contributed by atoms with van der Waals surface area (Å²) in [4.78, 5) is 0. The quantitative estimate of drug-likeness (QED) is 0.471. The third-order valence-electron chi connectivity index (χ3n) is 1.48. The standard InChI is InChI=1S/C8H8Cl2N2O/c1-13-8-3-6(9)5(4-12-11)2-7(8)10/h2-4H,11H2,1H3/b12-4+. The van der Waals surface area contributed by atoms with Crippen molar-refractivity contribution >= 4 is 29.4 Å². The fourth-order valence-electron chi connectivity index (χ4n) is 0.880. The molecule has 0 aromatic heterocycles.